The molecule has 5 nitrogen and oxygen atoms in total. The summed E-state index contributed by atoms with van der Waals surface area (Å²) < 4.78 is 0. The minimum absolute atomic E-state index is 0.526. The van der Waals surface area contributed by atoms with Gasteiger partial charge in [0.1, 0.15) is 0 Å². The molecule has 2 heterocycles. The first-order chi connectivity index (χ1) is 24.2. The van der Waals surface area contributed by atoms with Gasteiger partial charge in [-0.1, -0.05) is 169 Å². The molecule has 0 fully saturated rings. The highest BCUT2D eigenvalue weighted by molar-refractivity contribution is 6.34. The number of benzene rings is 6. The van der Waals surface area contributed by atoms with E-state index >= 15 is 0 Å². The molecule has 0 bridgehead atoms. The van der Waals surface area contributed by atoms with Gasteiger partial charge in [-0.25, -0.2) is 24.9 Å². The summed E-state index contributed by atoms with van der Waals surface area (Å²) in [4.78, 5) is 25.1. The van der Waals surface area contributed by atoms with E-state index in [0.717, 1.165) is 55.9 Å². The molecule has 232 valence electrons. The molecule has 0 aliphatic rings. The maximum atomic E-state index is 7.14. The molecule has 0 saturated heterocycles. The molecular weight excluding hydrogens is 622 g/mol. The lowest BCUT2D eigenvalue weighted by atomic mass is 9.92. The average molecular weight is 650 g/mol. The molecule has 0 saturated carbocycles. The molecule has 0 amide bonds. The molecule has 0 aliphatic carbocycles. The van der Waals surface area contributed by atoms with Crippen LogP contribution in [0.3, 0.4) is 0 Å². The van der Waals surface area contributed by atoms with Crippen LogP contribution in [0.15, 0.2) is 170 Å². The van der Waals surface area contributed by atoms with Crippen LogP contribution < -0.4 is 0 Å². The van der Waals surface area contributed by atoms with Crippen molar-refractivity contribution in [1.29, 1.82) is 0 Å². The van der Waals surface area contributed by atoms with Gasteiger partial charge in [0.05, 0.1) is 11.4 Å². The van der Waals surface area contributed by atoms with Gasteiger partial charge in [-0.05, 0) is 17.7 Å². The first kappa shape index (κ1) is 30.1. The van der Waals surface area contributed by atoms with Gasteiger partial charge in [0.25, 0.3) is 0 Å². The molecule has 6 aromatic carbocycles. The number of halogens is 1. The van der Waals surface area contributed by atoms with Gasteiger partial charge >= 0.3 is 0 Å². The molecule has 2 aromatic heterocycles. The van der Waals surface area contributed by atoms with Gasteiger partial charge in [0, 0.05) is 44.0 Å². The Morgan fingerprint density at radius 1 is 0.306 bits per heavy atom. The van der Waals surface area contributed by atoms with E-state index in [1.54, 1.807) is 0 Å². The van der Waals surface area contributed by atoms with Crippen LogP contribution in [0.25, 0.3) is 79.2 Å². The molecule has 0 N–H and O–H groups in total. The summed E-state index contributed by atoms with van der Waals surface area (Å²) in [5.74, 6) is 2.33. The van der Waals surface area contributed by atoms with Crippen LogP contribution in [0.2, 0.25) is 5.02 Å². The summed E-state index contributed by atoms with van der Waals surface area (Å²) in [7, 11) is 0. The number of hydrogen-bond donors (Lipinski definition) is 0. The Balaban J connectivity index is 1.35. The molecule has 0 atom stereocenters. The second kappa shape index (κ2) is 13.4. The van der Waals surface area contributed by atoms with E-state index in [2.05, 4.69) is 24.3 Å². The van der Waals surface area contributed by atoms with Crippen molar-refractivity contribution < 1.29 is 0 Å². The molecule has 0 aliphatic heterocycles. The molecule has 8 aromatic rings. The Hall–Kier alpha value is -6.30. The summed E-state index contributed by atoms with van der Waals surface area (Å²) in [5, 5.41) is 0.577. The Morgan fingerprint density at radius 3 is 1.27 bits per heavy atom. The fourth-order valence-electron chi connectivity index (χ4n) is 5.90. The molecule has 49 heavy (non-hydrogen) atoms. The van der Waals surface area contributed by atoms with E-state index < -0.39 is 0 Å². The number of nitrogens with zero attached hydrogens (tertiary/aromatic N) is 5. The van der Waals surface area contributed by atoms with E-state index in [1.165, 1.54) is 0 Å². The van der Waals surface area contributed by atoms with E-state index in [4.69, 9.17) is 36.5 Å². The normalized spacial score (nSPS) is 11.0. The highest BCUT2D eigenvalue weighted by Crippen LogP contribution is 2.42. The molecule has 6 heteroatoms. The first-order valence-corrected chi connectivity index (χ1v) is 16.3. The third-order valence-corrected chi connectivity index (χ3v) is 8.57. The molecular formula is C43H28ClN5. The summed E-state index contributed by atoms with van der Waals surface area (Å²) in [5.41, 5.74) is 8.76. The number of aromatic nitrogens is 5. The molecule has 0 spiro atoms. The van der Waals surface area contributed by atoms with Crippen molar-refractivity contribution in [3.63, 3.8) is 0 Å². The van der Waals surface area contributed by atoms with Crippen molar-refractivity contribution >= 4 is 11.6 Å². The standard InChI is InChI=1S/C43H28ClN5/c44-36-27-15-26-35(43-48-41(31-20-9-3-10-21-31)47-42(49-43)32-22-11-4-12-23-32)39(36)34-25-14-13-24-33(34)38-28-37(29-16-5-1-6-17-29)45-40(46-38)30-18-7-2-8-19-30/h1-28H. The lowest BCUT2D eigenvalue weighted by Gasteiger charge is -2.17. The van der Waals surface area contributed by atoms with E-state index in [1.807, 2.05) is 146 Å². The second-order valence-electron chi connectivity index (χ2n) is 11.4. The second-order valence-corrected chi connectivity index (χ2v) is 11.8. The van der Waals surface area contributed by atoms with E-state index in [-0.39, 0.29) is 0 Å². The van der Waals surface area contributed by atoms with Crippen molar-refractivity contribution in [3.05, 3.63) is 175 Å². The third-order valence-electron chi connectivity index (χ3n) is 8.25. The molecule has 8 rings (SSSR count). The molecule has 0 radical (unpaired) electrons. The van der Waals surface area contributed by atoms with Crippen LogP contribution in [0.5, 0.6) is 0 Å². The summed E-state index contributed by atoms with van der Waals surface area (Å²) in [6, 6.07) is 56.2. The highest BCUT2D eigenvalue weighted by atomic mass is 35.5. The largest absolute Gasteiger partial charge is 0.228 e. The summed E-state index contributed by atoms with van der Waals surface area (Å²) in [6.45, 7) is 0. The number of hydrogen-bond acceptors (Lipinski definition) is 5. The summed E-state index contributed by atoms with van der Waals surface area (Å²) in [6.07, 6.45) is 0. The minimum Gasteiger partial charge on any atom is -0.228 e. The topological polar surface area (TPSA) is 64.5 Å². The fraction of sp³-hybridized carbons (Fsp3) is 0. The Kier molecular flexibility index (Phi) is 8.24. The van der Waals surface area contributed by atoms with Crippen LogP contribution in [0, 0.1) is 0 Å². The lowest BCUT2D eigenvalue weighted by molar-refractivity contribution is 1.07. The Labute approximate surface area is 289 Å². The van der Waals surface area contributed by atoms with Crippen LogP contribution in [0.1, 0.15) is 0 Å². The monoisotopic (exact) mass is 649 g/mol. The highest BCUT2D eigenvalue weighted by Gasteiger charge is 2.21. The SMILES string of the molecule is Clc1cccc(-c2nc(-c3ccccc3)nc(-c3ccccc3)n2)c1-c1ccccc1-c1cc(-c2ccccc2)nc(-c2ccccc2)n1. The van der Waals surface area contributed by atoms with Gasteiger partial charge in [-0.15, -0.1) is 0 Å². The average Bonchev–Trinajstić information content (AvgIpc) is 3.19. The van der Waals surface area contributed by atoms with Crippen molar-refractivity contribution in [2.45, 2.75) is 0 Å². The van der Waals surface area contributed by atoms with Crippen LogP contribution in [-0.2, 0) is 0 Å². The van der Waals surface area contributed by atoms with Gasteiger partial charge in [0.15, 0.2) is 23.3 Å². The Bertz CT molecular complexity index is 2270. The third kappa shape index (κ3) is 6.23. The maximum Gasteiger partial charge on any atom is 0.164 e. The zero-order chi connectivity index (χ0) is 33.0. The summed E-state index contributed by atoms with van der Waals surface area (Å²) >= 11 is 7.14. The predicted octanol–water partition coefficient (Wildman–Crippen LogP) is 11.0. The smallest absolute Gasteiger partial charge is 0.164 e. The van der Waals surface area contributed by atoms with E-state index in [9.17, 15) is 0 Å². The lowest BCUT2D eigenvalue weighted by Crippen LogP contribution is -2.02. The minimum atomic E-state index is 0.526. The van der Waals surface area contributed by atoms with Crippen LogP contribution in [-0.4, -0.2) is 24.9 Å². The van der Waals surface area contributed by atoms with Crippen molar-refractivity contribution in [2.24, 2.45) is 0 Å². The van der Waals surface area contributed by atoms with Gasteiger partial charge in [0.2, 0.25) is 0 Å². The van der Waals surface area contributed by atoms with Gasteiger partial charge in [-0.3, -0.25) is 0 Å². The maximum absolute atomic E-state index is 7.14. The first-order valence-electron chi connectivity index (χ1n) is 16.0. The fourth-order valence-corrected chi connectivity index (χ4v) is 6.17. The van der Waals surface area contributed by atoms with Crippen molar-refractivity contribution in [3.8, 4) is 79.2 Å². The van der Waals surface area contributed by atoms with Gasteiger partial charge in [-0.2, -0.15) is 0 Å². The van der Waals surface area contributed by atoms with Crippen LogP contribution >= 0.6 is 11.6 Å². The van der Waals surface area contributed by atoms with Crippen molar-refractivity contribution in [2.75, 3.05) is 0 Å². The molecule has 0 unspecified atom stereocenters. The zero-order valence-corrected chi connectivity index (χ0v) is 27.0. The quantitative estimate of drug-likeness (QED) is 0.172. The zero-order valence-electron chi connectivity index (χ0n) is 26.3. The number of rotatable bonds is 7. The van der Waals surface area contributed by atoms with Crippen LogP contribution in [0.4, 0.5) is 0 Å². The van der Waals surface area contributed by atoms with E-state index in [0.29, 0.717) is 28.3 Å². The van der Waals surface area contributed by atoms with Gasteiger partial charge < -0.3 is 0 Å². The Morgan fingerprint density at radius 2 is 0.714 bits per heavy atom. The predicted molar refractivity (Wildman–Crippen MR) is 198 cm³/mol. The van der Waals surface area contributed by atoms with Crippen molar-refractivity contribution in [1.82, 2.24) is 24.9 Å².